The minimum absolute atomic E-state index is 0.0233. The van der Waals surface area contributed by atoms with Gasteiger partial charge in [0.25, 0.3) is 0 Å². The van der Waals surface area contributed by atoms with Crippen molar-refractivity contribution < 1.29 is 24.0 Å². The normalized spacial score (nSPS) is 11.6. The first kappa shape index (κ1) is 20.1. The highest BCUT2D eigenvalue weighted by Gasteiger charge is 2.23. The first-order chi connectivity index (χ1) is 12.7. The Morgan fingerprint density at radius 3 is 2.33 bits per heavy atom. The maximum Gasteiger partial charge on any atom is 0.339 e. The van der Waals surface area contributed by atoms with E-state index in [1.807, 2.05) is 19.9 Å². The van der Waals surface area contributed by atoms with Gasteiger partial charge in [-0.15, -0.1) is 0 Å². The van der Waals surface area contributed by atoms with E-state index in [-0.39, 0.29) is 29.4 Å². The molecule has 2 rings (SSSR count). The Morgan fingerprint density at radius 1 is 1.07 bits per heavy atom. The summed E-state index contributed by atoms with van der Waals surface area (Å²) in [6.07, 6.45) is -1.02. The van der Waals surface area contributed by atoms with Gasteiger partial charge in [-0.1, -0.05) is 12.1 Å². The monoisotopic (exact) mass is 371 g/mol. The molecule has 0 fully saturated rings. The molecule has 7 nitrogen and oxygen atoms in total. The fourth-order valence-electron chi connectivity index (χ4n) is 2.48. The van der Waals surface area contributed by atoms with E-state index in [0.717, 1.165) is 17.2 Å². The van der Waals surface area contributed by atoms with Crippen molar-refractivity contribution in [2.75, 3.05) is 6.61 Å². The third kappa shape index (κ3) is 4.69. The molecule has 0 aliphatic rings. The predicted molar refractivity (Wildman–Crippen MR) is 99.4 cm³/mol. The van der Waals surface area contributed by atoms with Crippen molar-refractivity contribution in [2.24, 2.45) is 0 Å². The summed E-state index contributed by atoms with van der Waals surface area (Å²) in [6, 6.07) is 9.04. The van der Waals surface area contributed by atoms with Crippen LogP contribution in [0.15, 0.2) is 36.4 Å². The lowest BCUT2D eigenvalue weighted by atomic mass is 10.0. The fourth-order valence-corrected chi connectivity index (χ4v) is 2.48. The molecular weight excluding hydrogens is 350 g/mol. The van der Waals surface area contributed by atoms with Crippen LogP contribution in [-0.2, 0) is 4.74 Å². The minimum Gasteiger partial charge on any atom is -0.487 e. The van der Waals surface area contributed by atoms with Crippen molar-refractivity contribution in [3.63, 3.8) is 0 Å². The number of aryl methyl sites for hydroxylation is 2. The second kappa shape index (κ2) is 8.44. The van der Waals surface area contributed by atoms with Crippen molar-refractivity contribution in [3.8, 4) is 5.75 Å². The van der Waals surface area contributed by atoms with E-state index in [2.05, 4.69) is 0 Å². The standard InChI is InChI=1S/C20H21NO6/c1-5-26-18-9-8-16(11-17(18)21(24)25)20(23)27-14(4)19(22)15-7-6-12(2)13(3)10-15/h6-11,14H,5H2,1-4H3. The molecule has 0 heterocycles. The van der Waals surface area contributed by atoms with Gasteiger partial charge in [-0.05, 0) is 57.0 Å². The topological polar surface area (TPSA) is 95.7 Å². The largest absolute Gasteiger partial charge is 0.487 e. The summed E-state index contributed by atoms with van der Waals surface area (Å²) in [4.78, 5) is 35.3. The molecule has 0 aromatic heterocycles. The lowest BCUT2D eigenvalue weighted by Crippen LogP contribution is -2.24. The Balaban J connectivity index is 2.18. The number of benzene rings is 2. The van der Waals surface area contributed by atoms with Crippen LogP contribution in [0, 0.1) is 24.0 Å². The Labute approximate surface area is 157 Å². The van der Waals surface area contributed by atoms with Crippen LogP contribution >= 0.6 is 0 Å². The summed E-state index contributed by atoms with van der Waals surface area (Å²) in [7, 11) is 0. The molecule has 0 spiro atoms. The van der Waals surface area contributed by atoms with Crippen molar-refractivity contribution >= 4 is 17.4 Å². The lowest BCUT2D eigenvalue weighted by Gasteiger charge is -2.13. The summed E-state index contributed by atoms with van der Waals surface area (Å²) in [5, 5.41) is 11.2. The Bertz CT molecular complexity index is 890. The van der Waals surface area contributed by atoms with Gasteiger partial charge in [0, 0.05) is 11.6 Å². The number of carbonyl (C=O) groups excluding carboxylic acids is 2. The number of rotatable bonds is 7. The molecule has 142 valence electrons. The maximum atomic E-state index is 12.5. The van der Waals surface area contributed by atoms with Crippen LogP contribution in [0.25, 0.3) is 0 Å². The smallest absolute Gasteiger partial charge is 0.339 e. The molecule has 0 N–H and O–H groups in total. The molecule has 0 radical (unpaired) electrons. The zero-order valence-electron chi connectivity index (χ0n) is 15.6. The third-order valence-corrected chi connectivity index (χ3v) is 4.14. The molecule has 1 unspecified atom stereocenters. The highest BCUT2D eigenvalue weighted by molar-refractivity contribution is 6.01. The molecule has 2 aromatic carbocycles. The summed E-state index contributed by atoms with van der Waals surface area (Å²) < 4.78 is 10.4. The molecule has 0 amide bonds. The van der Waals surface area contributed by atoms with E-state index >= 15 is 0 Å². The van der Waals surface area contributed by atoms with Crippen LogP contribution in [0.4, 0.5) is 5.69 Å². The van der Waals surface area contributed by atoms with Crippen molar-refractivity contribution in [1.29, 1.82) is 0 Å². The van der Waals surface area contributed by atoms with Crippen LogP contribution in [0.5, 0.6) is 5.75 Å². The number of hydrogen-bond donors (Lipinski definition) is 0. The van der Waals surface area contributed by atoms with Crippen molar-refractivity contribution in [3.05, 3.63) is 68.8 Å². The molecule has 27 heavy (non-hydrogen) atoms. The predicted octanol–water partition coefficient (Wildman–Crippen LogP) is 4.04. The quantitative estimate of drug-likeness (QED) is 0.315. The number of nitro benzene ring substituents is 1. The van der Waals surface area contributed by atoms with Crippen molar-refractivity contribution in [2.45, 2.75) is 33.8 Å². The summed E-state index contributed by atoms with van der Waals surface area (Å²) >= 11 is 0. The number of carbonyl (C=O) groups is 2. The van der Waals surface area contributed by atoms with Gasteiger partial charge in [0.1, 0.15) is 0 Å². The van der Waals surface area contributed by atoms with E-state index in [4.69, 9.17) is 9.47 Å². The summed E-state index contributed by atoms with van der Waals surface area (Å²) in [5.74, 6) is -1.09. The number of esters is 1. The van der Waals surface area contributed by atoms with Crippen LogP contribution in [0.2, 0.25) is 0 Å². The van der Waals surface area contributed by atoms with Crippen LogP contribution in [-0.4, -0.2) is 29.4 Å². The Kier molecular flexibility index (Phi) is 6.28. The van der Waals surface area contributed by atoms with E-state index in [9.17, 15) is 19.7 Å². The highest BCUT2D eigenvalue weighted by atomic mass is 16.6. The average molecular weight is 371 g/mol. The SMILES string of the molecule is CCOc1ccc(C(=O)OC(C)C(=O)c2ccc(C)c(C)c2)cc1[N+](=O)[O-]. The number of ether oxygens (including phenoxy) is 2. The first-order valence-electron chi connectivity index (χ1n) is 8.48. The van der Waals surface area contributed by atoms with E-state index in [1.54, 1.807) is 19.1 Å². The van der Waals surface area contributed by atoms with E-state index in [1.165, 1.54) is 19.1 Å². The van der Waals surface area contributed by atoms with Gasteiger partial charge >= 0.3 is 11.7 Å². The van der Waals surface area contributed by atoms with Crippen LogP contribution < -0.4 is 4.74 Å². The second-order valence-corrected chi connectivity index (χ2v) is 6.08. The van der Waals surface area contributed by atoms with Gasteiger partial charge < -0.3 is 9.47 Å². The number of Topliss-reactive ketones (excluding diaryl/α,β-unsaturated/α-hetero) is 1. The van der Waals surface area contributed by atoms with E-state index in [0.29, 0.717) is 5.56 Å². The van der Waals surface area contributed by atoms with Gasteiger partial charge in [0.05, 0.1) is 17.1 Å². The molecule has 0 bridgehead atoms. The average Bonchev–Trinajstić information content (AvgIpc) is 2.63. The summed E-state index contributed by atoms with van der Waals surface area (Å²) in [5.41, 5.74) is 2.10. The second-order valence-electron chi connectivity index (χ2n) is 6.08. The first-order valence-corrected chi connectivity index (χ1v) is 8.48. The summed E-state index contributed by atoms with van der Waals surface area (Å²) in [6.45, 7) is 7.25. The number of nitrogens with zero attached hydrogens (tertiary/aromatic N) is 1. The van der Waals surface area contributed by atoms with Gasteiger partial charge in [0.2, 0.25) is 5.78 Å². The Hall–Kier alpha value is -3.22. The molecule has 7 heteroatoms. The van der Waals surface area contributed by atoms with Crippen LogP contribution in [0.1, 0.15) is 45.7 Å². The van der Waals surface area contributed by atoms with Gasteiger partial charge in [-0.25, -0.2) is 4.79 Å². The van der Waals surface area contributed by atoms with Gasteiger partial charge in [-0.3, -0.25) is 14.9 Å². The zero-order chi connectivity index (χ0) is 20.1. The lowest BCUT2D eigenvalue weighted by molar-refractivity contribution is -0.385. The molecule has 2 aromatic rings. The third-order valence-electron chi connectivity index (χ3n) is 4.14. The Morgan fingerprint density at radius 2 is 1.74 bits per heavy atom. The maximum absolute atomic E-state index is 12.5. The molecule has 0 saturated carbocycles. The minimum atomic E-state index is -1.02. The highest BCUT2D eigenvalue weighted by Crippen LogP contribution is 2.28. The molecular formula is C20H21NO6. The molecule has 0 aliphatic carbocycles. The van der Waals surface area contributed by atoms with Crippen molar-refractivity contribution in [1.82, 2.24) is 0 Å². The number of ketones is 1. The molecule has 0 aliphatic heterocycles. The number of hydrogen-bond acceptors (Lipinski definition) is 6. The van der Waals surface area contributed by atoms with Crippen LogP contribution in [0.3, 0.4) is 0 Å². The molecule has 1 atom stereocenters. The molecule has 0 saturated heterocycles. The number of nitro groups is 1. The van der Waals surface area contributed by atoms with Gasteiger partial charge in [-0.2, -0.15) is 0 Å². The zero-order valence-corrected chi connectivity index (χ0v) is 15.6. The van der Waals surface area contributed by atoms with Gasteiger partial charge in [0.15, 0.2) is 11.9 Å². The fraction of sp³-hybridized carbons (Fsp3) is 0.300. The van der Waals surface area contributed by atoms with E-state index < -0.39 is 17.0 Å².